The van der Waals surface area contributed by atoms with E-state index in [1.807, 2.05) is 61.5 Å². The summed E-state index contributed by atoms with van der Waals surface area (Å²) in [4.78, 5) is 29.3. The third-order valence-corrected chi connectivity index (χ3v) is 6.22. The molecule has 1 aromatic carbocycles. The fourth-order valence-electron chi connectivity index (χ4n) is 4.58. The van der Waals surface area contributed by atoms with Gasteiger partial charge in [-0.15, -0.1) is 6.58 Å². The molecule has 0 aliphatic carbocycles. The first-order valence-electron chi connectivity index (χ1n) is 11.4. The Balaban J connectivity index is 1.76. The van der Waals surface area contributed by atoms with Crippen molar-refractivity contribution in [3.05, 3.63) is 83.7 Å². The predicted molar refractivity (Wildman–Crippen MR) is 129 cm³/mol. The summed E-state index contributed by atoms with van der Waals surface area (Å²) in [6.07, 6.45) is 10.9. The van der Waals surface area contributed by atoms with Gasteiger partial charge in [0.1, 0.15) is 11.6 Å². The standard InChI is InChI=1S/C27H30N4O2/c1-5-8-20-15-21(10-11-25(20)33-4)27(32)31-14-7-6-9-24(31)26-23(17-29-19(3)30-26)22-12-13-28-16-18(22)2/h5,10-13,15-17,24H,1,6-9,14H2,2-4H3. The van der Waals surface area contributed by atoms with Gasteiger partial charge in [-0.25, -0.2) is 9.97 Å². The van der Waals surface area contributed by atoms with Gasteiger partial charge in [0, 0.05) is 36.3 Å². The van der Waals surface area contributed by atoms with Crippen LogP contribution in [0.5, 0.6) is 5.75 Å². The summed E-state index contributed by atoms with van der Waals surface area (Å²) >= 11 is 0. The summed E-state index contributed by atoms with van der Waals surface area (Å²) in [5, 5.41) is 0. The Kier molecular flexibility index (Phi) is 6.82. The van der Waals surface area contributed by atoms with Gasteiger partial charge in [0.15, 0.2) is 0 Å². The average molecular weight is 443 g/mol. The Labute approximate surface area is 195 Å². The molecule has 1 aliphatic heterocycles. The molecule has 0 saturated carbocycles. The van der Waals surface area contributed by atoms with E-state index in [-0.39, 0.29) is 11.9 Å². The van der Waals surface area contributed by atoms with Gasteiger partial charge in [-0.05, 0) is 80.5 Å². The number of methoxy groups -OCH3 is 1. The quantitative estimate of drug-likeness (QED) is 0.487. The minimum Gasteiger partial charge on any atom is -0.496 e. The number of piperidine rings is 1. The summed E-state index contributed by atoms with van der Waals surface area (Å²) in [5.74, 6) is 1.49. The maximum absolute atomic E-state index is 13.7. The number of benzene rings is 1. The van der Waals surface area contributed by atoms with Gasteiger partial charge in [0.25, 0.3) is 5.91 Å². The predicted octanol–water partition coefficient (Wildman–Crippen LogP) is 5.26. The molecule has 1 atom stereocenters. The Morgan fingerprint density at radius 3 is 2.82 bits per heavy atom. The number of hydrogen-bond donors (Lipinski definition) is 0. The van der Waals surface area contributed by atoms with Crippen LogP contribution in [0.1, 0.15) is 58.3 Å². The van der Waals surface area contributed by atoms with E-state index in [4.69, 9.17) is 9.72 Å². The lowest BCUT2D eigenvalue weighted by Gasteiger charge is -2.36. The topological polar surface area (TPSA) is 68.2 Å². The van der Waals surface area contributed by atoms with E-state index < -0.39 is 0 Å². The Morgan fingerprint density at radius 2 is 2.06 bits per heavy atom. The lowest BCUT2D eigenvalue weighted by molar-refractivity contribution is 0.0606. The highest BCUT2D eigenvalue weighted by Gasteiger charge is 2.32. The van der Waals surface area contributed by atoms with Gasteiger partial charge >= 0.3 is 0 Å². The van der Waals surface area contributed by atoms with Crippen molar-refractivity contribution >= 4 is 5.91 Å². The van der Waals surface area contributed by atoms with E-state index in [0.717, 1.165) is 53.0 Å². The summed E-state index contributed by atoms with van der Waals surface area (Å²) in [5.41, 5.74) is 5.60. The first-order chi connectivity index (χ1) is 16.0. The van der Waals surface area contributed by atoms with Crippen molar-refractivity contribution in [3.63, 3.8) is 0 Å². The van der Waals surface area contributed by atoms with Crippen molar-refractivity contribution in [3.8, 4) is 16.9 Å². The van der Waals surface area contributed by atoms with Gasteiger partial charge in [0.2, 0.25) is 0 Å². The van der Waals surface area contributed by atoms with Gasteiger partial charge in [-0.1, -0.05) is 6.08 Å². The Morgan fingerprint density at radius 1 is 1.21 bits per heavy atom. The van der Waals surface area contributed by atoms with Crippen LogP contribution in [0.25, 0.3) is 11.1 Å². The minimum absolute atomic E-state index is 0.0151. The van der Waals surface area contributed by atoms with Gasteiger partial charge in [0.05, 0.1) is 18.8 Å². The van der Waals surface area contributed by atoms with Crippen LogP contribution in [0.15, 0.2) is 55.5 Å². The summed E-state index contributed by atoms with van der Waals surface area (Å²) in [7, 11) is 1.64. The highest BCUT2D eigenvalue weighted by atomic mass is 16.5. The monoisotopic (exact) mass is 442 g/mol. The van der Waals surface area contributed by atoms with Crippen molar-refractivity contribution < 1.29 is 9.53 Å². The molecule has 0 spiro atoms. The lowest BCUT2D eigenvalue weighted by atomic mass is 9.92. The van der Waals surface area contributed by atoms with Crippen molar-refractivity contribution in [2.45, 2.75) is 45.6 Å². The third-order valence-electron chi connectivity index (χ3n) is 6.22. The first-order valence-corrected chi connectivity index (χ1v) is 11.4. The smallest absolute Gasteiger partial charge is 0.254 e. The number of allylic oxidation sites excluding steroid dienone is 1. The number of carbonyl (C=O) groups is 1. The number of pyridine rings is 1. The minimum atomic E-state index is -0.111. The van der Waals surface area contributed by atoms with Crippen LogP contribution in [-0.4, -0.2) is 39.4 Å². The summed E-state index contributed by atoms with van der Waals surface area (Å²) in [6, 6.07) is 7.52. The zero-order valence-corrected chi connectivity index (χ0v) is 19.5. The third kappa shape index (κ3) is 4.65. The molecule has 1 amide bonds. The molecular weight excluding hydrogens is 412 g/mol. The molecule has 1 aliphatic rings. The fourth-order valence-corrected chi connectivity index (χ4v) is 4.58. The van der Waals surface area contributed by atoms with Crippen LogP contribution in [0.3, 0.4) is 0 Å². The van der Waals surface area contributed by atoms with E-state index >= 15 is 0 Å². The maximum Gasteiger partial charge on any atom is 0.254 e. The largest absolute Gasteiger partial charge is 0.496 e. The van der Waals surface area contributed by atoms with Crippen LogP contribution in [0.4, 0.5) is 0 Å². The molecule has 1 fully saturated rings. The number of ether oxygens (including phenoxy) is 1. The molecule has 1 unspecified atom stereocenters. The van der Waals surface area contributed by atoms with Gasteiger partial charge in [-0.2, -0.15) is 0 Å². The average Bonchev–Trinajstić information content (AvgIpc) is 2.84. The number of likely N-dealkylation sites (tertiary alicyclic amines) is 1. The Hall–Kier alpha value is -3.54. The molecule has 2 aromatic heterocycles. The number of nitrogens with zero attached hydrogens (tertiary/aromatic N) is 4. The van der Waals surface area contributed by atoms with E-state index in [0.29, 0.717) is 24.4 Å². The number of amides is 1. The molecule has 33 heavy (non-hydrogen) atoms. The lowest BCUT2D eigenvalue weighted by Crippen LogP contribution is -2.39. The van der Waals surface area contributed by atoms with Crippen molar-refractivity contribution in [1.82, 2.24) is 19.9 Å². The second kappa shape index (κ2) is 9.94. The van der Waals surface area contributed by atoms with Crippen LogP contribution >= 0.6 is 0 Å². The Bertz CT molecular complexity index is 1170. The zero-order chi connectivity index (χ0) is 23.4. The van der Waals surface area contributed by atoms with Crippen LogP contribution < -0.4 is 4.74 Å². The van der Waals surface area contributed by atoms with Crippen molar-refractivity contribution in [2.24, 2.45) is 0 Å². The number of rotatable bonds is 6. The molecular formula is C27H30N4O2. The molecule has 3 heterocycles. The van der Waals surface area contributed by atoms with Gasteiger partial charge in [-0.3, -0.25) is 9.78 Å². The molecule has 6 nitrogen and oxygen atoms in total. The van der Waals surface area contributed by atoms with Crippen LogP contribution in [-0.2, 0) is 6.42 Å². The SMILES string of the molecule is C=CCc1cc(C(=O)N2CCCCC2c2nc(C)ncc2-c2ccncc2C)ccc1OC. The molecule has 0 radical (unpaired) electrons. The number of aromatic nitrogens is 3. The second-order valence-corrected chi connectivity index (χ2v) is 8.44. The molecule has 6 heteroatoms. The molecule has 3 aromatic rings. The van der Waals surface area contributed by atoms with Crippen molar-refractivity contribution in [1.29, 1.82) is 0 Å². The first kappa shape index (κ1) is 22.6. The van der Waals surface area contributed by atoms with Gasteiger partial charge < -0.3 is 9.64 Å². The normalized spacial score (nSPS) is 15.8. The summed E-state index contributed by atoms with van der Waals surface area (Å²) in [6.45, 7) is 8.46. The molecule has 170 valence electrons. The maximum atomic E-state index is 13.7. The second-order valence-electron chi connectivity index (χ2n) is 8.44. The highest BCUT2D eigenvalue weighted by molar-refractivity contribution is 5.95. The number of aryl methyl sites for hydroxylation is 2. The van der Waals surface area contributed by atoms with Crippen LogP contribution in [0, 0.1) is 13.8 Å². The molecule has 1 saturated heterocycles. The zero-order valence-electron chi connectivity index (χ0n) is 19.5. The van der Waals surface area contributed by atoms with Crippen LogP contribution in [0.2, 0.25) is 0 Å². The van der Waals surface area contributed by atoms with Crippen molar-refractivity contribution in [2.75, 3.05) is 13.7 Å². The summed E-state index contributed by atoms with van der Waals surface area (Å²) < 4.78 is 5.46. The number of hydrogen-bond acceptors (Lipinski definition) is 5. The van der Waals surface area contributed by atoms with E-state index in [2.05, 4.69) is 16.5 Å². The molecule has 0 bridgehead atoms. The van der Waals surface area contributed by atoms with E-state index in [9.17, 15) is 4.79 Å². The number of carbonyl (C=O) groups excluding carboxylic acids is 1. The highest BCUT2D eigenvalue weighted by Crippen LogP contribution is 2.37. The fraction of sp³-hybridized carbons (Fsp3) is 0.333. The van der Waals surface area contributed by atoms with E-state index in [1.165, 1.54) is 0 Å². The molecule has 4 rings (SSSR count). The molecule has 0 N–H and O–H groups in total. The van der Waals surface area contributed by atoms with E-state index in [1.54, 1.807) is 13.3 Å².